The van der Waals surface area contributed by atoms with Gasteiger partial charge in [-0.2, -0.15) is 5.10 Å². The number of hydrogen-bond donors (Lipinski definition) is 0. The minimum absolute atomic E-state index is 0.0377. The van der Waals surface area contributed by atoms with E-state index in [1.54, 1.807) is 6.20 Å². The molecule has 0 atom stereocenters. The van der Waals surface area contributed by atoms with E-state index in [-0.39, 0.29) is 11.9 Å². The number of nitrogens with zero attached hydrogens (tertiary/aromatic N) is 5. The molecule has 0 spiro atoms. The summed E-state index contributed by atoms with van der Waals surface area (Å²) >= 11 is 5.99. The number of anilines is 1. The quantitative estimate of drug-likeness (QED) is 0.574. The maximum absolute atomic E-state index is 12.0. The zero-order chi connectivity index (χ0) is 21.1. The van der Waals surface area contributed by atoms with Gasteiger partial charge in [-0.1, -0.05) is 11.6 Å². The number of benzene rings is 1. The van der Waals surface area contributed by atoms with Crippen LogP contribution in [0.25, 0.3) is 16.9 Å². The molecule has 1 aromatic carbocycles. The Balaban J connectivity index is 1.52. The standard InChI is InChI=1S/C22H24ClN5O2/c1-3-30-21(29)16-9-12-27(13-10-16)22-24-11-8-20(25-22)19-14-28(26-15(19)2)18-6-4-17(23)5-7-18/h4-8,11,14,16H,3,9-10,12-13H2,1-2H3. The summed E-state index contributed by atoms with van der Waals surface area (Å²) < 4.78 is 6.98. The molecule has 156 valence electrons. The lowest BCUT2D eigenvalue weighted by molar-refractivity contribution is -0.148. The average Bonchev–Trinajstić information content (AvgIpc) is 3.16. The van der Waals surface area contributed by atoms with Crippen LogP contribution in [0.15, 0.2) is 42.7 Å². The van der Waals surface area contributed by atoms with Crippen LogP contribution >= 0.6 is 11.6 Å². The van der Waals surface area contributed by atoms with Crippen molar-refractivity contribution in [1.29, 1.82) is 0 Å². The molecule has 0 N–H and O–H groups in total. The second-order valence-electron chi connectivity index (χ2n) is 7.30. The third kappa shape index (κ3) is 4.31. The van der Waals surface area contributed by atoms with Crippen molar-refractivity contribution in [3.8, 4) is 16.9 Å². The van der Waals surface area contributed by atoms with Crippen LogP contribution in [0.3, 0.4) is 0 Å². The zero-order valence-electron chi connectivity index (χ0n) is 17.1. The first-order chi connectivity index (χ1) is 14.5. The lowest BCUT2D eigenvalue weighted by Crippen LogP contribution is -2.37. The number of aryl methyl sites for hydroxylation is 1. The predicted molar refractivity (Wildman–Crippen MR) is 116 cm³/mol. The molecule has 3 heterocycles. The number of carbonyl (C=O) groups is 1. The average molecular weight is 426 g/mol. The summed E-state index contributed by atoms with van der Waals surface area (Å²) in [5.74, 6) is 0.537. The summed E-state index contributed by atoms with van der Waals surface area (Å²) in [6, 6.07) is 9.44. The van der Waals surface area contributed by atoms with E-state index in [9.17, 15) is 4.79 Å². The van der Waals surface area contributed by atoms with E-state index in [2.05, 4.69) is 15.0 Å². The summed E-state index contributed by atoms with van der Waals surface area (Å²) in [4.78, 5) is 23.3. The number of hydrogen-bond acceptors (Lipinski definition) is 6. The first-order valence-corrected chi connectivity index (χ1v) is 10.5. The molecule has 30 heavy (non-hydrogen) atoms. The van der Waals surface area contributed by atoms with Gasteiger partial charge in [0.05, 0.1) is 29.6 Å². The molecule has 1 saturated heterocycles. The van der Waals surface area contributed by atoms with E-state index in [1.165, 1.54) is 0 Å². The number of aromatic nitrogens is 4. The van der Waals surface area contributed by atoms with Crippen molar-refractivity contribution >= 4 is 23.5 Å². The number of piperidine rings is 1. The van der Waals surface area contributed by atoms with Gasteiger partial charge in [-0.05, 0) is 57.0 Å². The highest BCUT2D eigenvalue weighted by Gasteiger charge is 2.27. The Morgan fingerprint density at radius 3 is 2.63 bits per heavy atom. The monoisotopic (exact) mass is 425 g/mol. The van der Waals surface area contributed by atoms with Crippen LogP contribution in [-0.4, -0.2) is 45.4 Å². The molecule has 1 fully saturated rings. The van der Waals surface area contributed by atoms with Gasteiger partial charge in [-0.25, -0.2) is 14.6 Å². The molecule has 2 aromatic heterocycles. The fraction of sp³-hybridized carbons (Fsp3) is 0.364. The van der Waals surface area contributed by atoms with E-state index in [0.717, 1.165) is 48.6 Å². The van der Waals surface area contributed by atoms with Gasteiger partial charge in [0.2, 0.25) is 5.95 Å². The van der Waals surface area contributed by atoms with E-state index in [1.807, 2.05) is 55.1 Å². The summed E-state index contributed by atoms with van der Waals surface area (Å²) in [6.45, 7) is 5.69. The second-order valence-corrected chi connectivity index (χ2v) is 7.74. The van der Waals surface area contributed by atoms with Crippen LogP contribution < -0.4 is 4.90 Å². The number of halogens is 1. The molecule has 1 aliphatic heterocycles. The maximum Gasteiger partial charge on any atom is 0.309 e. The number of ether oxygens (including phenoxy) is 1. The van der Waals surface area contributed by atoms with E-state index < -0.39 is 0 Å². The van der Waals surface area contributed by atoms with Crippen LogP contribution in [-0.2, 0) is 9.53 Å². The van der Waals surface area contributed by atoms with Crippen LogP contribution in [0, 0.1) is 12.8 Å². The Hall–Kier alpha value is -2.93. The van der Waals surface area contributed by atoms with Crippen LogP contribution in [0.2, 0.25) is 5.02 Å². The van der Waals surface area contributed by atoms with Gasteiger partial charge >= 0.3 is 5.97 Å². The lowest BCUT2D eigenvalue weighted by Gasteiger charge is -2.30. The fourth-order valence-electron chi connectivity index (χ4n) is 3.66. The minimum atomic E-state index is -0.0999. The van der Waals surface area contributed by atoms with E-state index >= 15 is 0 Å². The van der Waals surface area contributed by atoms with E-state index in [4.69, 9.17) is 21.3 Å². The number of esters is 1. The summed E-state index contributed by atoms with van der Waals surface area (Å²) in [5.41, 5.74) is 3.60. The van der Waals surface area contributed by atoms with Gasteiger partial charge in [0.1, 0.15) is 0 Å². The Labute approximate surface area is 180 Å². The van der Waals surface area contributed by atoms with Crippen molar-refractivity contribution < 1.29 is 9.53 Å². The molecule has 0 bridgehead atoms. The Morgan fingerprint density at radius 1 is 1.20 bits per heavy atom. The highest BCUT2D eigenvalue weighted by atomic mass is 35.5. The van der Waals surface area contributed by atoms with E-state index in [0.29, 0.717) is 17.6 Å². The van der Waals surface area contributed by atoms with Crippen LogP contribution in [0.4, 0.5) is 5.95 Å². The molecular weight excluding hydrogens is 402 g/mol. The third-order valence-corrected chi connectivity index (χ3v) is 5.56. The van der Waals surface area contributed by atoms with Crippen molar-refractivity contribution in [2.45, 2.75) is 26.7 Å². The van der Waals surface area contributed by atoms with Crippen molar-refractivity contribution in [3.63, 3.8) is 0 Å². The summed E-state index contributed by atoms with van der Waals surface area (Å²) in [7, 11) is 0. The van der Waals surface area contributed by atoms with Gasteiger partial charge in [0.15, 0.2) is 0 Å². The molecule has 4 rings (SSSR count). The molecule has 0 amide bonds. The van der Waals surface area contributed by atoms with Crippen LogP contribution in [0.1, 0.15) is 25.5 Å². The fourth-order valence-corrected chi connectivity index (χ4v) is 3.79. The smallest absolute Gasteiger partial charge is 0.309 e. The first kappa shape index (κ1) is 20.3. The molecular formula is C22H24ClN5O2. The van der Waals surface area contributed by atoms with Crippen molar-refractivity contribution in [1.82, 2.24) is 19.7 Å². The molecule has 0 radical (unpaired) electrons. The number of rotatable bonds is 5. The van der Waals surface area contributed by atoms with Crippen LogP contribution in [0.5, 0.6) is 0 Å². The number of carbonyl (C=O) groups excluding carboxylic acids is 1. The highest BCUT2D eigenvalue weighted by molar-refractivity contribution is 6.30. The highest BCUT2D eigenvalue weighted by Crippen LogP contribution is 2.26. The Morgan fingerprint density at radius 2 is 1.93 bits per heavy atom. The van der Waals surface area contributed by atoms with Gasteiger partial charge in [-0.3, -0.25) is 4.79 Å². The SMILES string of the molecule is CCOC(=O)C1CCN(c2nccc(-c3cn(-c4ccc(Cl)cc4)nc3C)n2)CC1. The largest absolute Gasteiger partial charge is 0.466 e. The Kier molecular flexibility index (Phi) is 5.99. The molecule has 0 unspecified atom stereocenters. The molecule has 8 heteroatoms. The summed E-state index contributed by atoms with van der Waals surface area (Å²) in [5, 5.41) is 5.31. The molecule has 0 saturated carbocycles. The van der Waals surface area contributed by atoms with Crippen molar-refractivity contribution in [3.05, 3.63) is 53.4 Å². The Bertz CT molecular complexity index is 1030. The zero-order valence-corrected chi connectivity index (χ0v) is 17.8. The molecule has 0 aliphatic carbocycles. The van der Waals surface area contributed by atoms with Gasteiger partial charge < -0.3 is 9.64 Å². The van der Waals surface area contributed by atoms with Gasteiger partial charge in [-0.15, -0.1) is 0 Å². The van der Waals surface area contributed by atoms with Crippen molar-refractivity contribution in [2.24, 2.45) is 5.92 Å². The first-order valence-electron chi connectivity index (χ1n) is 10.1. The predicted octanol–water partition coefficient (Wildman–Crippen LogP) is 4.07. The van der Waals surface area contributed by atoms with Gasteiger partial charge in [0, 0.05) is 36.1 Å². The molecule has 7 nitrogen and oxygen atoms in total. The maximum atomic E-state index is 12.0. The second kappa shape index (κ2) is 8.83. The molecule has 1 aliphatic rings. The summed E-state index contributed by atoms with van der Waals surface area (Å²) in [6.07, 6.45) is 5.24. The topological polar surface area (TPSA) is 73.1 Å². The third-order valence-electron chi connectivity index (χ3n) is 5.31. The van der Waals surface area contributed by atoms with Gasteiger partial charge in [0.25, 0.3) is 0 Å². The normalized spacial score (nSPS) is 14.7. The lowest BCUT2D eigenvalue weighted by atomic mass is 9.97. The van der Waals surface area contributed by atoms with Crippen molar-refractivity contribution in [2.75, 3.05) is 24.6 Å². The minimum Gasteiger partial charge on any atom is -0.466 e. The molecule has 3 aromatic rings.